The Morgan fingerprint density at radius 2 is 2.00 bits per heavy atom. The summed E-state index contributed by atoms with van der Waals surface area (Å²) in [4.78, 5) is 14.2. The van der Waals surface area contributed by atoms with E-state index in [4.69, 9.17) is 4.74 Å². The van der Waals surface area contributed by atoms with Crippen LogP contribution in [0, 0.1) is 5.82 Å². The van der Waals surface area contributed by atoms with Crippen molar-refractivity contribution in [2.45, 2.75) is 6.10 Å². The van der Waals surface area contributed by atoms with Crippen molar-refractivity contribution in [3.63, 3.8) is 0 Å². The summed E-state index contributed by atoms with van der Waals surface area (Å²) in [5.41, 5.74) is 1.53. The van der Waals surface area contributed by atoms with Crippen LogP contribution in [0.4, 0.5) is 4.39 Å². The van der Waals surface area contributed by atoms with Crippen LogP contribution in [0.1, 0.15) is 22.0 Å². The molecular weight excluding hydrogens is 349 g/mol. The van der Waals surface area contributed by atoms with Gasteiger partial charge >= 0.3 is 0 Å². The molecule has 3 nitrogen and oxygen atoms in total. The molecule has 1 amide bonds. The molecule has 1 fully saturated rings. The van der Waals surface area contributed by atoms with Crippen LogP contribution in [0.15, 0.2) is 53.0 Å². The zero-order valence-electron chi connectivity index (χ0n) is 11.8. The molecule has 2 aromatic carbocycles. The summed E-state index contributed by atoms with van der Waals surface area (Å²) < 4.78 is 19.7. The van der Waals surface area contributed by atoms with Gasteiger partial charge in [0.25, 0.3) is 5.91 Å². The molecule has 0 radical (unpaired) electrons. The van der Waals surface area contributed by atoms with Crippen molar-refractivity contribution in [3.8, 4) is 0 Å². The molecule has 114 valence electrons. The number of nitrogens with zero attached hydrogens (tertiary/aromatic N) is 1. The zero-order valence-corrected chi connectivity index (χ0v) is 13.4. The minimum atomic E-state index is -0.342. The van der Waals surface area contributed by atoms with E-state index in [0.29, 0.717) is 25.3 Å². The number of morpholine rings is 1. The maximum Gasteiger partial charge on any atom is 0.254 e. The molecule has 5 heteroatoms. The lowest BCUT2D eigenvalue weighted by atomic mass is 10.1. The van der Waals surface area contributed by atoms with Crippen LogP contribution in [-0.4, -0.2) is 30.5 Å². The Morgan fingerprint density at radius 3 is 2.73 bits per heavy atom. The van der Waals surface area contributed by atoms with Crippen LogP contribution in [0.2, 0.25) is 0 Å². The number of hydrogen-bond donors (Lipinski definition) is 0. The van der Waals surface area contributed by atoms with E-state index in [1.165, 1.54) is 24.3 Å². The second-order valence-corrected chi connectivity index (χ2v) is 6.09. The molecule has 1 saturated heterocycles. The van der Waals surface area contributed by atoms with Crippen LogP contribution in [-0.2, 0) is 4.74 Å². The molecular formula is C17H15BrFNO2. The standard InChI is InChI=1S/C17H15BrFNO2/c18-14-3-1-2-13(10-14)16-11-20(8-9-22-16)17(21)12-4-6-15(19)7-5-12/h1-7,10,16H,8-9,11H2. The lowest BCUT2D eigenvalue weighted by Crippen LogP contribution is -2.42. The number of benzene rings is 2. The van der Waals surface area contributed by atoms with Gasteiger partial charge in [-0.1, -0.05) is 28.1 Å². The zero-order chi connectivity index (χ0) is 15.5. The molecule has 1 atom stereocenters. The predicted molar refractivity (Wildman–Crippen MR) is 85.1 cm³/mol. The first-order valence-corrected chi connectivity index (χ1v) is 7.85. The summed E-state index contributed by atoms with van der Waals surface area (Å²) in [6.45, 7) is 1.53. The van der Waals surface area contributed by atoms with Gasteiger partial charge < -0.3 is 9.64 Å². The number of ether oxygens (including phenoxy) is 1. The van der Waals surface area contributed by atoms with Gasteiger partial charge in [0.05, 0.1) is 13.2 Å². The predicted octanol–water partition coefficient (Wildman–Crippen LogP) is 3.80. The van der Waals surface area contributed by atoms with Gasteiger partial charge in [-0.25, -0.2) is 4.39 Å². The molecule has 0 saturated carbocycles. The number of rotatable bonds is 2. The second kappa shape index (κ2) is 6.58. The fourth-order valence-electron chi connectivity index (χ4n) is 2.52. The normalized spacial score (nSPS) is 18.3. The van der Waals surface area contributed by atoms with Crippen LogP contribution < -0.4 is 0 Å². The third kappa shape index (κ3) is 3.36. The number of amides is 1. The van der Waals surface area contributed by atoms with Gasteiger partial charge in [-0.2, -0.15) is 0 Å². The largest absolute Gasteiger partial charge is 0.370 e. The van der Waals surface area contributed by atoms with Gasteiger partial charge in [-0.05, 0) is 42.0 Å². The van der Waals surface area contributed by atoms with E-state index in [1.54, 1.807) is 4.90 Å². The number of carbonyl (C=O) groups is 1. The van der Waals surface area contributed by atoms with Crippen molar-refractivity contribution in [2.75, 3.05) is 19.7 Å². The SMILES string of the molecule is O=C(c1ccc(F)cc1)N1CCOC(c2cccc(Br)c2)C1. The average molecular weight is 364 g/mol. The maximum absolute atomic E-state index is 13.0. The molecule has 3 rings (SSSR count). The topological polar surface area (TPSA) is 29.5 Å². The highest BCUT2D eigenvalue weighted by atomic mass is 79.9. The molecule has 1 heterocycles. The molecule has 1 unspecified atom stereocenters. The third-order valence-electron chi connectivity index (χ3n) is 3.67. The van der Waals surface area contributed by atoms with Crippen LogP contribution in [0.5, 0.6) is 0 Å². The number of carbonyl (C=O) groups excluding carboxylic acids is 1. The Balaban J connectivity index is 1.75. The minimum Gasteiger partial charge on any atom is -0.370 e. The molecule has 0 aliphatic carbocycles. The van der Waals surface area contributed by atoms with Gasteiger partial charge in [0.1, 0.15) is 11.9 Å². The van der Waals surface area contributed by atoms with E-state index in [9.17, 15) is 9.18 Å². The highest BCUT2D eigenvalue weighted by molar-refractivity contribution is 9.10. The summed E-state index contributed by atoms with van der Waals surface area (Å²) in [5, 5.41) is 0. The van der Waals surface area contributed by atoms with E-state index < -0.39 is 0 Å². The van der Waals surface area contributed by atoms with Gasteiger partial charge in [0.15, 0.2) is 0 Å². The molecule has 1 aliphatic rings. The van der Waals surface area contributed by atoms with E-state index in [1.807, 2.05) is 24.3 Å². The first-order valence-electron chi connectivity index (χ1n) is 7.05. The van der Waals surface area contributed by atoms with Crippen molar-refractivity contribution in [2.24, 2.45) is 0 Å². The summed E-state index contributed by atoms with van der Waals surface area (Å²) in [6, 6.07) is 13.5. The van der Waals surface area contributed by atoms with Gasteiger partial charge in [-0.3, -0.25) is 4.79 Å². The van der Waals surface area contributed by atoms with Crippen molar-refractivity contribution in [3.05, 3.63) is 69.9 Å². The Morgan fingerprint density at radius 1 is 1.23 bits per heavy atom. The van der Waals surface area contributed by atoms with E-state index in [0.717, 1.165) is 10.0 Å². The Kier molecular flexibility index (Phi) is 4.55. The fourth-order valence-corrected chi connectivity index (χ4v) is 2.93. The smallest absolute Gasteiger partial charge is 0.254 e. The third-order valence-corrected chi connectivity index (χ3v) is 4.16. The van der Waals surface area contributed by atoms with Crippen molar-refractivity contribution in [1.29, 1.82) is 0 Å². The summed E-state index contributed by atoms with van der Waals surface area (Å²) in [5.74, 6) is -0.436. The monoisotopic (exact) mass is 363 g/mol. The van der Waals surface area contributed by atoms with E-state index >= 15 is 0 Å². The first kappa shape index (κ1) is 15.2. The van der Waals surface area contributed by atoms with Gasteiger partial charge in [0.2, 0.25) is 0 Å². The van der Waals surface area contributed by atoms with Crippen molar-refractivity contribution >= 4 is 21.8 Å². The summed E-state index contributed by atoms with van der Waals surface area (Å²) >= 11 is 3.44. The Bertz CT molecular complexity index is 675. The molecule has 0 spiro atoms. The molecule has 0 bridgehead atoms. The summed E-state index contributed by atoms with van der Waals surface area (Å²) in [6.07, 6.45) is -0.143. The van der Waals surface area contributed by atoms with Gasteiger partial charge in [-0.15, -0.1) is 0 Å². The maximum atomic E-state index is 13.0. The lowest BCUT2D eigenvalue weighted by Gasteiger charge is -2.33. The Hall–Kier alpha value is -1.72. The summed E-state index contributed by atoms with van der Waals surface area (Å²) in [7, 11) is 0. The van der Waals surface area contributed by atoms with Gasteiger partial charge in [0, 0.05) is 16.6 Å². The molecule has 0 aromatic heterocycles. The Labute approximate surface area is 136 Å². The van der Waals surface area contributed by atoms with Crippen LogP contribution in [0.25, 0.3) is 0 Å². The molecule has 22 heavy (non-hydrogen) atoms. The number of halogens is 2. The lowest BCUT2D eigenvalue weighted by molar-refractivity contribution is -0.0228. The minimum absolute atomic E-state index is 0.0942. The average Bonchev–Trinajstić information content (AvgIpc) is 2.55. The van der Waals surface area contributed by atoms with E-state index in [2.05, 4.69) is 15.9 Å². The van der Waals surface area contributed by atoms with Crippen LogP contribution >= 0.6 is 15.9 Å². The van der Waals surface area contributed by atoms with Crippen molar-refractivity contribution in [1.82, 2.24) is 4.90 Å². The fraction of sp³-hybridized carbons (Fsp3) is 0.235. The first-order chi connectivity index (χ1) is 10.6. The highest BCUT2D eigenvalue weighted by Gasteiger charge is 2.26. The second-order valence-electron chi connectivity index (χ2n) is 5.17. The van der Waals surface area contributed by atoms with E-state index in [-0.39, 0.29) is 17.8 Å². The molecule has 0 N–H and O–H groups in total. The quantitative estimate of drug-likeness (QED) is 0.811. The molecule has 2 aromatic rings. The molecule has 1 aliphatic heterocycles. The number of hydrogen-bond acceptors (Lipinski definition) is 2. The van der Waals surface area contributed by atoms with Crippen molar-refractivity contribution < 1.29 is 13.9 Å². The van der Waals surface area contributed by atoms with Crippen LogP contribution in [0.3, 0.4) is 0 Å². The highest BCUT2D eigenvalue weighted by Crippen LogP contribution is 2.25.